The topological polar surface area (TPSA) is 15.3 Å². The molecule has 3 rings (SSSR count). The van der Waals surface area contributed by atoms with Crippen LogP contribution in [0.15, 0.2) is 24.3 Å². The molecule has 0 radical (unpaired) electrons. The summed E-state index contributed by atoms with van der Waals surface area (Å²) in [5.41, 5.74) is 1.17. The minimum atomic E-state index is -0.106. The summed E-state index contributed by atoms with van der Waals surface area (Å²) in [7, 11) is 2.21. The maximum absolute atomic E-state index is 13.2. The molecule has 20 heavy (non-hydrogen) atoms. The molecule has 0 aromatic heterocycles. The molecular formula is C17H25FN2. The molecule has 2 nitrogen and oxygen atoms in total. The number of benzene rings is 1. The van der Waals surface area contributed by atoms with Gasteiger partial charge in [-0.25, -0.2) is 4.39 Å². The van der Waals surface area contributed by atoms with E-state index in [1.165, 1.54) is 37.6 Å². The summed E-state index contributed by atoms with van der Waals surface area (Å²) in [4.78, 5) is 2.42. The molecule has 0 spiro atoms. The minimum absolute atomic E-state index is 0.106. The van der Waals surface area contributed by atoms with Crippen molar-refractivity contribution in [1.29, 1.82) is 0 Å². The van der Waals surface area contributed by atoms with Crippen LogP contribution < -0.4 is 5.32 Å². The normalized spacial score (nSPS) is 28.3. The van der Waals surface area contributed by atoms with Gasteiger partial charge in [0.2, 0.25) is 0 Å². The third kappa shape index (κ3) is 3.39. The lowest BCUT2D eigenvalue weighted by Gasteiger charge is -2.38. The van der Waals surface area contributed by atoms with Crippen molar-refractivity contribution in [3.63, 3.8) is 0 Å². The van der Waals surface area contributed by atoms with E-state index in [-0.39, 0.29) is 5.82 Å². The van der Waals surface area contributed by atoms with Crippen molar-refractivity contribution >= 4 is 0 Å². The molecule has 0 atom stereocenters. The molecule has 1 saturated carbocycles. The van der Waals surface area contributed by atoms with Gasteiger partial charge in [0, 0.05) is 6.04 Å². The lowest BCUT2D eigenvalue weighted by molar-refractivity contribution is 0.199. The summed E-state index contributed by atoms with van der Waals surface area (Å²) in [6, 6.07) is 7.74. The molecule has 1 saturated heterocycles. The van der Waals surface area contributed by atoms with E-state index < -0.39 is 0 Å². The molecule has 110 valence electrons. The van der Waals surface area contributed by atoms with E-state index in [0.29, 0.717) is 12.0 Å². The van der Waals surface area contributed by atoms with Crippen molar-refractivity contribution in [2.45, 2.75) is 37.6 Å². The third-order valence-electron chi connectivity index (χ3n) is 4.99. The highest BCUT2D eigenvalue weighted by atomic mass is 19.1. The van der Waals surface area contributed by atoms with Gasteiger partial charge in [-0.2, -0.15) is 0 Å². The Morgan fingerprint density at radius 3 is 2.70 bits per heavy atom. The zero-order chi connectivity index (χ0) is 13.9. The molecule has 1 N–H and O–H groups in total. The van der Waals surface area contributed by atoms with E-state index in [4.69, 9.17) is 0 Å². The first-order chi connectivity index (χ1) is 9.70. The van der Waals surface area contributed by atoms with E-state index in [1.807, 2.05) is 6.07 Å². The smallest absolute Gasteiger partial charge is 0.123 e. The van der Waals surface area contributed by atoms with Crippen LogP contribution in [0.1, 0.15) is 37.2 Å². The first-order valence-electron chi connectivity index (χ1n) is 7.88. The second kappa shape index (κ2) is 6.23. The lowest BCUT2D eigenvalue weighted by Crippen LogP contribution is -2.44. The zero-order valence-corrected chi connectivity index (χ0v) is 12.3. The number of halogens is 1. The SMILES string of the molecule is CN1CCC(CNC2CC(c3cccc(F)c3)C2)CC1. The van der Waals surface area contributed by atoms with E-state index in [0.717, 1.165) is 25.3 Å². The number of piperidine rings is 1. The predicted molar refractivity (Wildman–Crippen MR) is 80.4 cm³/mol. The maximum atomic E-state index is 13.2. The fourth-order valence-electron chi connectivity index (χ4n) is 3.42. The Hall–Kier alpha value is -0.930. The third-order valence-corrected chi connectivity index (χ3v) is 4.99. The van der Waals surface area contributed by atoms with Gasteiger partial charge in [0.05, 0.1) is 0 Å². The monoisotopic (exact) mass is 276 g/mol. The average molecular weight is 276 g/mol. The molecule has 2 aliphatic rings. The maximum Gasteiger partial charge on any atom is 0.123 e. The predicted octanol–water partition coefficient (Wildman–Crippen LogP) is 3.00. The van der Waals surface area contributed by atoms with Gasteiger partial charge in [0.25, 0.3) is 0 Å². The van der Waals surface area contributed by atoms with E-state index in [9.17, 15) is 4.39 Å². The molecule has 3 heteroatoms. The van der Waals surface area contributed by atoms with Crippen LogP contribution in [0.25, 0.3) is 0 Å². The number of nitrogens with zero attached hydrogens (tertiary/aromatic N) is 1. The molecule has 2 fully saturated rings. The van der Waals surface area contributed by atoms with Crippen molar-refractivity contribution in [2.24, 2.45) is 5.92 Å². The summed E-state index contributed by atoms with van der Waals surface area (Å²) in [5.74, 6) is 1.30. The van der Waals surface area contributed by atoms with Crippen molar-refractivity contribution in [3.8, 4) is 0 Å². The van der Waals surface area contributed by atoms with Gasteiger partial charge in [-0.05, 0) is 81.9 Å². The van der Waals surface area contributed by atoms with Crippen LogP contribution in [0.2, 0.25) is 0 Å². The standard InChI is InChI=1S/C17H25FN2/c1-20-7-5-13(6-8-20)12-19-17-10-15(11-17)14-3-2-4-16(18)9-14/h2-4,9,13,15,17,19H,5-8,10-12H2,1H3. The molecule has 0 amide bonds. The van der Waals surface area contributed by atoms with Gasteiger partial charge in [-0.15, -0.1) is 0 Å². The second-order valence-corrected chi connectivity index (χ2v) is 6.58. The van der Waals surface area contributed by atoms with Crippen LogP contribution in [0.5, 0.6) is 0 Å². The van der Waals surface area contributed by atoms with E-state index >= 15 is 0 Å². The largest absolute Gasteiger partial charge is 0.314 e. The molecule has 1 aromatic carbocycles. The molecule has 1 aliphatic carbocycles. The Balaban J connectivity index is 1.38. The Kier molecular flexibility index (Phi) is 4.37. The van der Waals surface area contributed by atoms with Crippen molar-refractivity contribution < 1.29 is 4.39 Å². The Morgan fingerprint density at radius 1 is 1.25 bits per heavy atom. The van der Waals surface area contributed by atoms with Gasteiger partial charge >= 0.3 is 0 Å². The Labute approximate surface area is 121 Å². The molecular weight excluding hydrogens is 251 g/mol. The number of hydrogen-bond donors (Lipinski definition) is 1. The van der Waals surface area contributed by atoms with Gasteiger partial charge in [-0.3, -0.25) is 0 Å². The van der Waals surface area contributed by atoms with Crippen molar-refractivity contribution in [1.82, 2.24) is 10.2 Å². The highest BCUT2D eigenvalue weighted by Gasteiger charge is 2.30. The van der Waals surface area contributed by atoms with E-state index in [2.05, 4.69) is 23.3 Å². The highest BCUT2D eigenvalue weighted by molar-refractivity contribution is 5.23. The summed E-state index contributed by atoms with van der Waals surface area (Å²) in [5, 5.41) is 3.71. The van der Waals surface area contributed by atoms with Crippen molar-refractivity contribution in [3.05, 3.63) is 35.6 Å². The van der Waals surface area contributed by atoms with Gasteiger partial charge in [0.1, 0.15) is 5.82 Å². The molecule has 1 heterocycles. The summed E-state index contributed by atoms with van der Waals surface area (Å²) < 4.78 is 13.2. The van der Waals surface area contributed by atoms with Crippen LogP contribution in [-0.4, -0.2) is 37.6 Å². The van der Waals surface area contributed by atoms with Gasteiger partial charge < -0.3 is 10.2 Å². The lowest BCUT2D eigenvalue weighted by atomic mass is 9.75. The quantitative estimate of drug-likeness (QED) is 0.909. The molecule has 0 unspecified atom stereocenters. The fraction of sp³-hybridized carbons (Fsp3) is 0.647. The molecule has 0 bridgehead atoms. The number of likely N-dealkylation sites (tertiary alicyclic amines) is 1. The van der Waals surface area contributed by atoms with Gasteiger partial charge in [-0.1, -0.05) is 12.1 Å². The van der Waals surface area contributed by atoms with Crippen LogP contribution >= 0.6 is 0 Å². The highest BCUT2D eigenvalue weighted by Crippen LogP contribution is 2.37. The molecule has 1 aromatic rings. The number of rotatable bonds is 4. The fourth-order valence-corrected chi connectivity index (χ4v) is 3.42. The van der Waals surface area contributed by atoms with E-state index in [1.54, 1.807) is 6.07 Å². The van der Waals surface area contributed by atoms with Crippen LogP contribution in [-0.2, 0) is 0 Å². The minimum Gasteiger partial charge on any atom is -0.314 e. The second-order valence-electron chi connectivity index (χ2n) is 6.58. The summed E-state index contributed by atoms with van der Waals surface area (Å²) in [6.07, 6.45) is 4.97. The Morgan fingerprint density at radius 2 is 2.00 bits per heavy atom. The average Bonchev–Trinajstić information content (AvgIpc) is 2.39. The first kappa shape index (κ1) is 14.0. The van der Waals surface area contributed by atoms with Crippen LogP contribution in [0, 0.1) is 11.7 Å². The van der Waals surface area contributed by atoms with Gasteiger partial charge in [0.15, 0.2) is 0 Å². The van der Waals surface area contributed by atoms with Crippen molar-refractivity contribution in [2.75, 3.05) is 26.7 Å². The van der Waals surface area contributed by atoms with Crippen LogP contribution in [0.4, 0.5) is 4.39 Å². The summed E-state index contributed by atoms with van der Waals surface area (Å²) in [6.45, 7) is 3.64. The first-order valence-corrected chi connectivity index (χ1v) is 7.88. The Bertz CT molecular complexity index is 434. The zero-order valence-electron chi connectivity index (χ0n) is 12.3. The number of hydrogen-bond acceptors (Lipinski definition) is 2. The number of nitrogens with one attached hydrogen (secondary N) is 1. The van der Waals surface area contributed by atoms with Crippen LogP contribution in [0.3, 0.4) is 0 Å². The summed E-state index contributed by atoms with van der Waals surface area (Å²) >= 11 is 0. The molecule has 1 aliphatic heterocycles.